The SMILES string of the molecule is CCCCCCCCCCCCCCCCCC1Nc2ccc(S(=O)(=O)[O-])cc2N1.[K+]. The van der Waals surface area contributed by atoms with Gasteiger partial charge in [0.15, 0.2) is 0 Å². The van der Waals surface area contributed by atoms with Gasteiger partial charge in [0.25, 0.3) is 0 Å². The minimum Gasteiger partial charge on any atom is -0.744 e. The first-order chi connectivity index (χ1) is 14.5. The van der Waals surface area contributed by atoms with Crippen molar-refractivity contribution in [2.75, 3.05) is 10.6 Å². The van der Waals surface area contributed by atoms with Gasteiger partial charge in [0.1, 0.15) is 10.1 Å². The van der Waals surface area contributed by atoms with Crippen LogP contribution in [-0.2, 0) is 10.1 Å². The average molecular weight is 477 g/mol. The van der Waals surface area contributed by atoms with E-state index < -0.39 is 10.1 Å². The van der Waals surface area contributed by atoms with Crippen LogP contribution in [0.4, 0.5) is 11.4 Å². The molecule has 0 saturated carbocycles. The maximum absolute atomic E-state index is 11.1. The molecule has 0 bridgehead atoms. The number of fused-ring (bicyclic) bond motifs is 1. The second-order valence-corrected chi connectivity index (χ2v) is 10.1. The van der Waals surface area contributed by atoms with E-state index in [1.807, 2.05) is 0 Å². The van der Waals surface area contributed by atoms with E-state index in [4.69, 9.17) is 0 Å². The normalized spacial score (nSPS) is 15.1. The van der Waals surface area contributed by atoms with E-state index in [2.05, 4.69) is 17.6 Å². The van der Waals surface area contributed by atoms with E-state index in [0.29, 0.717) is 5.69 Å². The first-order valence-corrected chi connectivity index (χ1v) is 13.5. The van der Waals surface area contributed by atoms with E-state index in [1.54, 1.807) is 6.07 Å². The summed E-state index contributed by atoms with van der Waals surface area (Å²) < 4.78 is 33.4. The Morgan fingerprint density at radius 3 is 1.68 bits per heavy atom. The molecule has 1 aliphatic rings. The smallest absolute Gasteiger partial charge is 0.744 e. The molecule has 1 unspecified atom stereocenters. The van der Waals surface area contributed by atoms with Crippen molar-refractivity contribution < 1.29 is 64.4 Å². The minimum atomic E-state index is -4.40. The molecule has 0 spiro atoms. The summed E-state index contributed by atoms with van der Waals surface area (Å²) in [5, 5.41) is 6.64. The molecule has 1 heterocycles. The summed E-state index contributed by atoms with van der Waals surface area (Å²) in [6.45, 7) is 2.27. The predicted octanol–water partition coefficient (Wildman–Crippen LogP) is 4.02. The van der Waals surface area contributed by atoms with Gasteiger partial charge in [-0.3, -0.25) is 0 Å². The summed E-state index contributed by atoms with van der Waals surface area (Å²) in [4.78, 5) is -0.178. The van der Waals surface area contributed by atoms with Crippen LogP contribution >= 0.6 is 0 Å². The Morgan fingerprint density at radius 2 is 1.19 bits per heavy atom. The monoisotopic (exact) mass is 476 g/mol. The molecule has 1 aromatic rings. The zero-order chi connectivity index (χ0) is 21.7. The molecule has 172 valence electrons. The molecule has 0 fully saturated rings. The van der Waals surface area contributed by atoms with Crippen molar-refractivity contribution in [2.45, 2.75) is 121 Å². The van der Waals surface area contributed by atoms with E-state index in [9.17, 15) is 13.0 Å². The van der Waals surface area contributed by atoms with Gasteiger partial charge in [0, 0.05) is 0 Å². The maximum Gasteiger partial charge on any atom is 1.00 e. The maximum atomic E-state index is 11.1. The molecular weight excluding hydrogens is 435 g/mol. The molecule has 1 atom stereocenters. The fraction of sp³-hybridized carbons (Fsp3) is 0.750. The Hall–Kier alpha value is 0.366. The van der Waals surface area contributed by atoms with Crippen molar-refractivity contribution in [3.8, 4) is 0 Å². The first kappa shape index (κ1) is 29.4. The van der Waals surface area contributed by atoms with Gasteiger partial charge in [0.2, 0.25) is 0 Å². The van der Waals surface area contributed by atoms with Gasteiger partial charge in [-0.25, -0.2) is 8.42 Å². The summed E-state index contributed by atoms with van der Waals surface area (Å²) in [7, 11) is -4.40. The van der Waals surface area contributed by atoms with Crippen LogP contribution in [0.2, 0.25) is 0 Å². The molecule has 2 N–H and O–H groups in total. The van der Waals surface area contributed by atoms with Crippen molar-refractivity contribution in [3.63, 3.8) is 0 Å². The number of rotatable bonds is 17. The minimum absolute atomic E-state index is 0. The number of benzene rings is 1. The zero-order valence-electron chi connectivity index (χ0n) is 19.8. The number of hydrogen-bond donors (Lipinski definition) is 2. The van der Waals surface area contributed by atoms with Crippen LogP contribution in [0, 0.1) is 0 Å². The summed E-state index contributed by atoms with van der Waals surface area (Å²) in [6.07, 6.45) is 21.5. The summed E-state index contributed by atoms with van der Waals surface area (Å²) in [6, 6.07) is 4.46. The van der Waals surface area contributed by atoms with Crippen molar-refractivity contribution in [2.24, 2.45) is 0 Å². The van der Waals surface area contributed by atoms with Crippen LogP contribution in [-0.4, -0.2) is 19.1 Å². The Labute approximate surface area is 233 Å². The van der Waals surface area contributed by atoms with Gasteiger partial charge in [0.05, 0.1) is 22.4 Å². The Bertz CT molecular complexity index is 713. The summed E-state index contributed by atoms with van der Waals surface area (Å²) in [5.74, 6) is 0. The van der Waals surface area contributed by atoms with Crippen LogP contribution in [0.5, 0.6) is 0 Å². The van der Waals surface area contributed by atoms with Crippen molar-refractivity contribution >= 4 is 21.5 Å². The Morgan fingerprint density at radius 1 is 0.742 bits per heavy atom. The Kier molecular flexibility index (Phi) is 16.0. The first-order valence-electron chi connectivity index (χ1n) is 12.1. The van der Waals surface area contributed by atoms with Crippen LogP contribution in [0.15, 0.2) is 23.1 Å². The van der Waals surface area contributed by atoms with E-state index in [-0.39, 0.29) is 62.4 Å². The second kappa shape index (κ2) is 16.9. The molecule has 31 heavy (non-hydrogen) atoms. The molecule has 5 nitrogen and oxygen atoms in total. The molecule has 7 heteroatoms. The topological polar surface area (TPSA) is 81.3 Å². The van der Waals surface area contributed by atoms with Crippen molar-refractivity contribution in [3.05, 3.63) is 18.2 Å². The molecule has 1 aromatic carbocycles. The zero-order valence-corrected chi connectivity index (χ0v) is 23.7. The number of anilines is 2. The molecule has 2 rings (SSSR count). The van der Waals surface area contributed by atoms with Crippen LogP contribution in [0.1, 0.15) is 110 Å². The molecular formula is C24H41KN2O3S. The third-order valence-electron chi connectivity index (χ3n) is 6.04. The van der Waals surface area contributed by atoms with Crippen molar-refractivity contribution in [1.82, 2.24) is 0 Å². The average Bonchev–Trinajstić information content (AvgIpc) is 3.12. The summed E-state index contributed by atoms with van der Waals surface area (Å²) >= 11 is 0. The van der Waals surface area contributed by atoms with Crippen LogP contribution in [0.25, 0.3) is 0 Å². The molecule has 0 amide bonds. The van der Waals surface area contributed by atoms with Gasteiger partial charge in [-0.1, -0.05) is 96.8 Å². The molecule has 0 aliphatic carbocycles. The van der Waals surface area contributed by atoms with Crippen LogP contribution < -0.4 is 62.0 Å². The van der Waals surface area contributed by atoms with E-state index in [0.717, 1.165) is 18.5 Å². The van der Waals surface area contributed by atoms with E-state index in [1.165, 1.54) is 102 Å². The van der Waals surface area contributed by atoms with Gasteiger partial charge < -0.3 is 15.2 Å². The fourth-order valence-corrected chi connectivity index (χ4v) is 4.70. The van der Waals surface area contributed by atoms with Gasteiger partial charge in [-0.05, 0) is 31.0 Å². The van der Waals surface area contributed by atoms with E-state index >= 15 is 0 Å². The quantitative estimate of drug-likeness (QED) is 0.202. The van der Waals surface area contributed by atoms with Gasteiger partial charge in [-0.15, -0.1) is 0 Å². The molecule has 1 aliphatic heterocycles. The third kappa shape index (κ3) is 12.4. The predicted molar refractivity (Wildman–Crippen MR) is 125 cm³/mol. The second-order valence-electron chi connectivity index (χ2n) is 8.74. The van der Waals surface area contributed by atoms with Gasteiger partial charge in [-0.2, -0.15) is 0 Å². The fourth-order valence-electron chi connectivity index (χ4n) is 4.20. The van der Waals surface area contributed by atoms with Crippen molar-refractivity contribution in [1.29, 1.82) is 0 Å². The third-order valence-corrected chi connectivity index (χ3v) is 6.87. The number of nitrogens with one attached hydrogen (secondary N) is 2. The summed E-state index contributed by atoms with van der Waals surface area (Å²) in [5.41, 5.74) is 1.58. The Balaban J connectivity index is 0.00000480. The molecule has 0 aromatic heterocycles. The molecule has 0 saturated heterocycles. The van der Waals surface area contributed by atoms with Gasteiger partial charge >= 0.3 is 51.4 Å². The molecule has 0 radical (unpaired) electrons. The standard InChI is InChI=1S/C24H42N2O3S.K/c1-2-3-4-5-6-7-8-9-10-11-12-13-14-15-16-17-24-25-22-19-18-21(30(27,28)29)20-23(22)26-24;/h18-20,24-26H,2-17H2,1H3,(H,27,28,29);/q;+1/p-1. The largest absolute Gasteiger partial charge is 1.00 e. The number of hydrogen-bond acceptors (Lipinski definition) is 5. The number of unbranched alkanes of at least 4 members (excludes halogenated alkanes) is 14. The van der Waals surface area contributed by atoms with Crippen LogP contribution in [0.3, 0.4) is 0 Å².